The molecule has 2 fully saturated rings. The van der Waals surface area contributed by atoms with E-state index in [-0.39, 0.29) is 0 Å². The fourth-order valence-electron chi connectivity index (χ4n) is 3.62. The van der Waals surface area contributed by atoms with Gasteiger partial charge in [-0.15, -0.1) is 0 Å². The first-order valence-electron chi connectivity index (χ1n) is 7.29. The number of nitrogens with one attached hydrogen (secondary N) is 1. The lowest BCUT2D eigenvalue weighted by molar-refractivity contribution is 0.134. The Morgan fingerprint density at radius 2 is 2.11 bits per heavy atom. The van der Waals surface area contributed by atoms with Gasteiger partial charge in [0.05, 0.1) is 6.61 Å². The Balaban J connectivity index is 1.68. The fraction of sp³-hybridized carbons (Fsp3) is 0.625. The first-order valence-corrected chi connectivity index (χ1v) is 7.29. The molecular formula is C16H23NO. The Bertz CT molecular complexity index is 404. The molecule has 1 N–H and O–H groups in total. The molecule has 2 bridgehead atoms. The quantitative estimate of drug-likeness (QED) is 0.851. The molecule has 0 amide bonds. The minimum absolute atomic E-state index is 0.700. The molecule has 0 saturated heterocycles. The summed E-state index contributed by atoms with van der Waals surface area (Å²) in [5.74, 6) is 1.90. The molecule has 3 unspecified atom stereocenters. The minimum atomic E-state index is 0.700. The molecule has 1 aromatic carbocycles. The summed E-state index contributed by atoms with van der Waals surface area (Å²) < 4.78 is 5.55. The Labute approximate surface area is 110 Å². The SMILES string of the molecule is CCOCc1ccccc1NC1CC2CCC1C2. The maximum atomic E-state index is 5.55. The van der Waals surface area contributed by atoms with Crippen LogP contribution in [0.4, 0.5) is 5.69 Å². The van der Waals surface area contributed by atoms with E-state index in [2.05, 4.69) is 29.6 Å². The first-order chi connectivity index (χ1) is 8.86. The van der Waals surface area contributed by atoms with Crippen LogP contribution < -0.4 is 5.32 Å². The Hall–Kier alpha value is -1.02. The normalized spacial score (nSPS) is 29.7. The van der Waals surface area contributed by atoms with Crippen LogP contribution in [0.5, 0.6) is 0 Å². The zero-order valence-corrected chi connectivity index (χ0v) is 11.2. The van der Waals surface area contributed by atoms with Crippen molar-refractivity contribution in [3.8, 4) is 0 Å². The van der Waals surface area contributed by atoms with Crippen LogP contribution in [0.25, 0.3) is 0 Å². The van der Waals surface area contributed by atoms with Gasteiger partial charge in [0.15, 0.2) is 0 Å². The van der Waals surface area contributed by atoms with Gasteiger partial charge in [-0.25, -0.2) is 0 Å². The summed E-state index contributed by atoms with van der Waals surface area (Å²) in [6.45, 7) is 3.55. The van der Waals surface area contributed by atoms with Gasteiger partial charge in [0.25, 0.3) is 0 Å². The molecule has 3 atom stereocenters. The van der Waals surface area contributed by atoms with Crippen molar-refractivity contribution < 1.29 is 4.74 Å². The number of fused-ring (bicyclic) bond motifs is 2. The van der Waals surface area contributed by atoms with Crippen LogP contribution in [-0.4, -0.2) is 12.6 Å². The lowest BCUT2D eigenvalue weighted by Crippen LogP contribution is -2.26. The number of ether oxygens (including phenoxy) is 1. The van der Waals surface area contributed by atoms with Gasteiger partial charge < -0.3 is 10.1 Å². The fourth-order valence-corrected chi connectivity index (χ4v) is 3.62. The molecule has 1 aromatic rings. The van der Waals surface area contributed by atoms with E-state index in [0.717, 1.165) is 25.0 Å². The Kier molecular flexibility index (Phi) is 3.55. The minimum Gasteiger partial charge on any atom is -0.382 e. The number of hydrogen-bond donors (Lipinski definition) is 1. The number of para-hydroxylation sites is 1. The molecule has 2 heteroatoms. The van der Waals surface area contributed by atoms with Crippen LogP contribution in [0, 0.1) is 11.8 Å². The zero-order valence-electron chi connectivity index (χ0n) is 11.2. The average molecular weight is 245 g/mol. The molecule has 0 spiro atoms. The second-order valence-electron chi connectivity index (χ2n) is 5.72. The smallest absolute Gasteiger partial charge is 0.0736 e. The summed E-state index contributed by atoms with van der Waals surface area (Å²) in [6.07, 6.45) is 5.71. The van der Waals surface area contributed by atoms with E-state index >= 15 is 0 Å². The predicted octanol–water partition coefficient (Wildman–Crippen LogP) is 3.82. The third-order valence-electron chi connectivity index (χ3n) is 4.56. The summed E-state index contributed by atoms with van der Waals surface area (Å²) >= 11 is 0. The monoisotopic (exact) mass is 245 g/mol. The summed E-state index contributed by atoms with van der Waals surface area (Å²) in [7, 11) is 0. The lowest BCUT2D eigenvalue weighted by atomic mass is 9.95. The highest BCUT2D eigenvalue weighted by molar-refractivity contribution is 5.51. The van der Waals surface area contributed by atoms with E-state index < -0.39 is 0 Å². The van der Waals surface area contributed by atoms with Crippen molar-refractivity contribution in [3.63, 3.8) is 0 Å². The van der Waals surface area contributed by atoms with Crippen LogP contribution in [0.2, 0.25) is 0 Å². The molecule has 98 valence electrons. The topological polar surface area (TPSA) is 21.3 Å². The second-order valence-corrected chi connectivity index (χ2v) is 5.72. The average Bonchev–Trinajstić information content (AvgIpc) is 3.00. The molecule has 2 saturated carbocycles. The van der Waals surface area contributed by atoms with Gasteiger partial charge in [0, 0.05) is 23.9 Å². The molecule has 0 heterocycles. The van der Waals surface area contributed by atoms with E-state index in [1.165, 1.54) is 36.9 Å². The molecule has 0 radical (unpaired) electrons. The number of anilines is 1. The van der Waals surface area contributed by atoms with Crippen LogP contribution in [-0.2, 0) is 11.3 Å². The summed E-state index contributed by atoms with van der Waals surface area (Å²) in [4.78, 5) is 0. The maximum Gasteiger partial charge on any atom is 0.0736 e. The largest absolute Gasteiger partial charge is 0.382 e. The van der Waals surface area contributed by atoms with Crippen molar-refractivity contribution in [2.45, 2.75) is 45.3 Å². The zero-order chi connectivity index (χ0) is 12.4. The summed E-state index contributed by atoms with van der Waals surface area (Å²) in [6, 6.07) is 9.28. The molecule has 0 aliphatic heterocycles. The van der Waals surface area contributed by atoms with Crippen molar-refractivity contribution in [2.24, 2.45) is 11.8 Å². The number of rotatable bonds is 5. The van der Waals surface area contributed by atoms with Crippen LogP contribution in [0.15, 0.2) is 24.3 Å². The Morgan fingerprint density at radius 3 is 2.83 bits per heavy atom. The van der Waals surface area contributed by atoms with Crippen molar-refractivity contribution in [2.75, 3.05) is 11.9 Å². The van der Waals surface area contributed by atoms with Crippen molar-refractivity contribution in [3.05, 3.63) is 29.8 Å². The van der Waals surface area contributed by atoms with Gasteiger partial charge in [-0.2, -0.15) is 0 Å². The van der Waals surface area contributed by atoms with Crippen LogP contribution in [0.3, 0.4) is 0 Å². The summed E-state index contributed by atoms with van der Waals surface area (Å²) in [5.41, 5.74) is 2.57. The highest BCUT2D eigenvalue weighted by atomic mass is 16.5. The molecule has 2 aliphatic rings. The van der Waals surface area contributed by atoms with Crippen LogP contribution >= 0.6 is 0 Å². The molecule has 2 aliphatic carbocycles. The van der Waals surface area contributed by atoms with E-state index in [0.29, 0.717) is 6.04 Å². The van der Waals surface area contributed by atoms with Crippen molar-refractivity contribution in [1.29, 1.82) is 0 Å². The van der Waals surface area contributed by atoms with Crippen molar-refractivity contribution >= 4 is 5.69 Å². The maximum absolute atomic E-state index is 5.55. The highest BCUT2D eigenvalue weighted by Gasteiger charge is 2.39. The van der Waals surface area contributed by atoms with Gasteiger partial charge in [0.2, 0.25) is 0 Å². The molecule has 18 heavy (non-hydrogen) atoms. The highest BCUT2D eigenvalue weighted by Crippen LogP contribution is 2.45. The summed E-state index contributed by atoms with van der Waals surface area (Å²) in [5, 5.41) is 3.77. The van der Waals surface area contributed by atoms with Gasteiger partial charge in [-0.3, -0.25) is 0 Å². The molecular weight excluding hydrogens is 222 g/mol. The van der Waals surface area contributed by atoms with Gasteiger partial charge in [-0.05, 0) is 44.1 Å². The molecule has 0 aromatic heterocycles. The molecule has 3 rings (SSSR count). The molecule has 2 nitrogen and oxygen atoms in total. The van der Waals surface area contributed by atoms with E-state index in [1.54, 1.807) is 0 Å². The number of hydrogen-bond acceptors (Lipinski definition) is 2. The third kappa shape index (κ3) is 2.39. The lowest BCUT2D eigenvalue weighted by Gasteiger charge is -2.25. The van der Waals surface area contributed by atoms with Gasteiger partial charge >= 0.3 is 0 Å². The van der Waals surface area contributed by atoms with Crippen molar-refractivity contribution in [1.82, 2.24) is 0 Å². The van der Waals surface area contributed by atoms with E-state index in [1.807, 2.05) is 6.92 Å². The standard InChI is InChI=1S/C16H23NO/c1-2-18-11-14-5-3-4-6-15(14)17-16-10-12-7-8-13(16)9-12/h3-6,12-13,16-17H,2,7-11H2,1H3. The Morgan fingerprint density at radius 1 is 1.22 bits per heavy atom. The second kappa shape index (κ2) is 5.31. The third-order valence-corrected chi connectivity index (χ3v) is 4.56. The van der Waals surface area contributed by atoms with Crippen LogP contribution in [0.1, 0.15) is 38.2 Å². The first kappa shape index (κ1) is 12.0. The van der Waals surface area contributed by atoms with E-state index in [4.69, 9.17) is 4.74 Å². The van der Waals surface area contributed by atoms with E-state index in [9.17, 15) is 0 Å². The van der Waals surface area contributed by atoms with Gasteiger partial charge in [-0.1, -0.05) is 24.6 Å². The number of benzene rings is 1. The predicted molar refractivity (Wildman–Crippen MR) is 74.6 cm³/mol. The van der Waals surface area contributed by atoms with Gasteiger partial charge in [0.1, 0.15) is 0 Å².